The normalized spacial score (nSPS) is 14.8. The molecule has 1 aliphatic heterocycles. The molecule has 0 atom stereocenters. The van der Waals surface area contributed by atoms with Crippen LogP contribution in [0.3, 0.4) is 0 Å². The zero-order valence-corrected chi connectivity index (χ0v) is 13.8. The first-order valence-corrected chi connectivity index (χ1v) is 8.37. The van der Waals surface area contributed by atoms with Gasteiger partial charge in [0, 0.05) is 30.4 Å². The molecule has 5 rings (SSSR count). The lowest BCUT2D eigenvalue weighted by Crippen LogP contribution is -2.40. The number of hydrogen-bond donors (Lipinski definition) is 1. The number of pyridine rings is 1. The van der Waals surface area contributed by atoms with Crippen LogP contribution in [0.4, 0.5) is 0 Å². The van der Waals surface area contributed by atoms with E-state index >= 15 is 0 Å². The van der Waals surface area contributed by atoms with E-state index in [4.69, 9.17) is 4.52 Å². The molecule has 1 fully saturated rings. The molecule has 0 radical (unpaired) electrons. The van der Waals surface area contributed by atoms with E-state index in [9.17, 15) is 0 Å². The van der Waals surface area contributed by atoms with Gasteiger partial charge in [0.05, 0.1) is 17.8 Å². The molecule has 1 aromatic carbocycles. The highest BCUT2D eigenvalue weighted by atomic mass is 16.5. The van der Waals surface area contributed by atoms with Crippen molar-refractivity contribution in [2.75, 3.05) is 13.1 Å². The van der Waals surface area contributed by atoms with Crippen LogP contribution < -0.4 is 5.32 Å². The van der Waals surface area contributed by atoms with Crippen molar-refractivity contribution in [3.63, 3.8) is 0 Å². The van der Waals surface area contributed by atoms with Crippen molar-refractivity contribution < 1.29 is 4.52 Å². The van der Waals surface area contributed by atoms with Gasteiger partial charge in [-0.15, -0.1) is 0 Å². The lowest BCUT2D eigenvalue weighted by molar-refractivity contribution is 0.308. The van der Waals surface area contributed by atoms with Gasteiger partial charge in [0.25, 0.3) is 0 Å². The fourth-order valence-electron chi connectivity index (χ4n) is 3.15. The molecule has 0 amide bonds. The fourth-order valence-corrected chi connectivity index (χ4v) is 3.15. The van der Waals surface area contributed by atoms with E-state index in [1.165, 1.54) is 5.56 Å². The average molecular weight is 331 g/mol. The Labute approximate surface area is 144 Å². The molecule has 1 saturated heterocycles. The summed E-state index contributed by atoms with van der Waals surface area (Å²) < 4.78 is 7.53. The Bertz CT molecular complexity index is 1060. The van der Waals surface area contributed by atoms with Gasteiger partial charge in [0.1, 0.15) is 5.65 Å². The predicted molar refractivity (Wildman–Crippen MR) is 94.3 cm³/mol. The second kappa shape index (κ2) is 5.53. The second-order valence-corrected chi connectivity index (χ2v) is 6.41. The largest absolute Gasteiger partial charge is 0.339 e. The number of rotatable bonds is 3. The molecule has 25 heavy (non-hydrogen) atoms. The third kappa shape index (κ3) is 2.34. The van der Waals surface area contributed by atoms with Gasteiger partial charge in [-0.3, -0.25) is 4.40 Å². The zero-order valence-electron chi connectivity index (χ0n) is 13.8. The number of fused-ring (bicyclic) bond motifs is 1. The molecule has 0 unspecified atom stereocenters. The van der Waals surface area contributed by atoms with Crippen molar-refractivity contribution in [3.8, 4) is 22.6 Å². The molecular formula is C19H17N5O. The van der Waals surface area contributed by atoms with E-state index in [-0.39, 0.29) is 0 Å². The minimum atomic E-state index is 0.338. The lowest BCUT2D eigenvalue weighted by Gasteiger charge is -2.22. The van der Waals surface area contributed by atoms with Crippen LogP contribution in [0.15, 0.2) is 53.3 Å². The number of hydrogen-bond acceptors (Lipinski definition) is 5. The van der Waals surface area contributed by atoms with Crippen molar-refractivity contribution >= 4 is 5.65 Å². The molecule has 6 heteroatoms. The van der Waals surface area contributed by atoms with E-state index in [1.54, 1.807) is 0 Å². The number of benzene rings is 1. The molecule has 1 N–H and O–H groups in total. The van der Waals surface area contributed by atoms with Gasteiger partial charge in [-0.2, -0.15) is 4.98 Å². The summed E-state index contributed by atoms with van der Waals surface area (Å²) in [7, 11) is 0. The first kappa shape index (κ1) is 14.4. The molecule has 4 aromatic rings. The summed E-state index contributed by atoms with van der Waals surface area (Å²) in [4.78, 5) is 9.07. The smallest absolute Gasteiger partial charge is 0.232 e. The van der Waals surface area contributed by atoms with Crippen LogP contribution in [0.1, 0.15) is 17.4 Å². The Morgan fingerprint density at radius 2 is 2.12 bits per heavy atom. The van der Waals surface area contributed by atoms with Crippen LogP contribution in [0.2, 0.25) is 0 Å². The van der Waals surface area contributed by atoms with Crippen molar-refractivity contribution in [3.05, 3.63) is 60.2 Å². The van der Waals surface area contributed by atoms with Crippen LogP contribution in [-0.4, -0.2) is 32.6 Å². The Balaban J connectivity index is 1.59. The SMILES string of the molecule is Cc1ccc(-c2noc(C3CNC3)n2)cc1-c1cnc2ccccn12. The van der Waals surface area contributed by atoms with E-state index in [0.717, 1.165) is 35.6 Å². The maximum atomic E-state index is 5.44. The van der Waals surface area contributed by atoms with Crippen molar-refractivity contribution in [2.45, 2.75) is 12.8 Å². The highest BCUT2D eigenvalue weighted by Gasteiger charge is 2.25. The summed E-state index contributed by atoms with van der Waals surface area (Å²) in [5.74, 6) is 1.69. The second-order valence-electron chi connectivity index (χ2n) is 6.41. The van der Waals surface area contributed by atoms with Gasteiger partial charge >= 0.3 is 0 Å². The summed E-state index contributed by atoms with van der Waals surface area (Å²) >= 11 is 0. The third-order valence-electron chi connectivity index (χ3n) is 4.76. The number of aryl methyl sites for hydroxylation is 1. The molecule has 0 bridgehead atoms. The van der Waals surface area contributed by atoms with Gasteiger partial charge in [-0.25, -0.2) is 4.98 Å². The van der Waals surface area contributed by atoms with E-state index in [0.29, 0.717) is 17.6 Å². The van der Waals surface area contributed by atoms with Crippen LogP contribution >= 0.6 is 0 Å². The number of nitrogens with zero attached hydrogens (tertiary/aromatic N) is 4. The van der Waals surface area contributed by atoms with Gasteiger partial charge in [-0.1, -0.05) is 23.4 Å². The van der Waals surface area contributed by atoms with Crippen LogP contribution in [0, 0.1) is 6.92 Å². The fraction of sp³-hybridized carbons (Fsp3) is 0.211. The Kier molecular flexibility index (Phi) is 3.18. The summed E-state index contributed by atoms with van der Waals surface area (Å²) in [6.07, 6.45) is 3.93. The summed E-state index contributed by atoms with van der Waals surface area (Å²) in [5.41, 5.74) is 5.24. The molecule has 124 valence electrons. The molecule has 4 heterocycles. The van der Waals surface area contributed by atoms with E-state index in [1.807, 2.05) is 36.7 Å². The topological polar surface area (TPSA) is 68.2 Å². The first-order chi connectivity index (χ1) is 12.3. The van der Waals surface area contributed by atoms with Crippen molar-refractivity contribution in [1.82, 2.24) is 24.8 Å². The lowest BCUT2D eigenvalue weighted by atomic mass is 10.0. The number of nitrogens with one attached hydrogen (secondary N) is 1. The summed E-state index contributed by atoms with van der Waals surface area (Å²) in [5, 5.41) is 7.39. The number of aromatic nitrogens is 4. The van der Waals surface area contributed by atoms with E-state index < -0.39 is 0 Å². The highest BCUT2D eigenvalue weighted by molar-refractivity contribution is 5.72. The van der Waals surface area contributed by atoms with Gasteiger partial charge in [-0.05, 0) is 30.7 Å². The van der Waals surface area contributed by atoms with Crippen molar-refractivity contribution in [2.24, 2.45) is 0 Å². The molecule has 3 aromatic heterocycles. The van der Waals surface area contributed by atoms with Crippen molar-refractivity contribution in [1.29, 1.82) is 0 Å². The molecular weight excluding hydrogens is 314 g/mol. The Morgan fingerprint density at radius 3 is 2.96 bits per heavy atom. The summed E-state index contributed by atoms with van der Waals surface area (Å²) in [6.45, 7) is 3.91. The molecule has 1 aliphatic rings. The predicted octanol–water partition coefficient (Wildman–Crippen LogP) is 3.05. The van der Waals surface area contributed by atoms with Gasteiger partial charge in [0.2, 0.25) is 11.7 Å². The standard InChI is InChI=1S/C19H17N5O/c1-12-5-6-13(18-22-19(25-23-18)14-9-20-10-14)8-15(12)16-11-21-17-4-2-3-7-24(16)17/h2-8,11,14,20H,9-10H2,1H3. The minimum Gasteiger partial charge on any atom is -0.339 e. The maximum absolute atomic E-state index is 5.44. The van der Waals surface area contributed by atoms with Crippen LogP contribution in [0.5, 0.6) is 0 Å². The molecule has 0 saturated carbocycles. The van der Waals surface area contributed by atoms with Gasteiger partial charge < -0.3 is 9.84 Å². The molecule has 6 nitrogen and oxygen atoms in total. The van der Waals surface area contributed by atoms with Crippen LogP contribution in [0.25, 0.3) is 28.3 Å². The van der Waals surface area contributed by atoms with E-state index in [2.05, 4.69) is 43.9 Å². The highest BCUT2D eigenvalue weighted by Crippen LogP contribution is 2.29. The molecule has 0 aliphatic carbocycles. The number of imidazole rings is 1. The molecule has 0 spiro atoms. The van der Waals surface area contributed by atoms with Gasteiger partial charge in [0.15, 0.2) is 0 Å². The average Bonchev–Trinajstić information content (AvgIpc) is 3.21. The minimum absolute atomic E-state index is 0.338. The Hall–Kier alpha value is -2.99. The van der Waals surface area contributed by atoms with Crippen LogP contribution in [-0.2, 0) is 0 Å². The monoisotopic (exact) mass is 331 g/mol. The zero-order chi connectivity index (χ0) is 16.8. The summed E-state index contributed by atoms with van der Waals surface area (Å²) in [6, 6.07) is 12.2. The third-order valence-corrected chi connectivity index (χ3v) is 4.76. The Morgan fingerprint density at radius 1 is 1.20 bits per heavy atom. The quantitative estimate of drug-likeness (QED) is 0.625. The first-order valence-electron chi connectivity index (χ1n) is 8.37. The maximum Gasteiger partial charge on any atom is 0.232 e.